The van der Waals surface area contributed by atoms with Crippen LogP contribution >= 0.6 is 22.7 Å². The van der Waals surface area contributed by atoms with Gasteiger partial charge in [0.15, 0.2) is 11.2 Å². The summed E-state index contributed by atoms with van der Waals surface area (Å²) in [7, 11) is 0. The molecular formula is C64H40N2O2S2. The van der Waals surface area contributed by atoms with Crippen molar-refractivity contribution in [2.45, 2.75) is 13.8 Å². The summed E-state index contributed by atoms with van der Waals surface area (Å²) in [5.74, 6) is 0. The fraction of sp³-hybridized carbons (Fsp3) is 0.0312. The van der Waals surface area contributed by atoms with E-state index in [-0.39, 0.29) is 0 Å². The molecule has 0 aliphatic heterocycles. The first kappa shape index (κ1) is 39.6. The average Bonchev–Trinajstić information content (AvgIpc) is 4.17. The smallest absolute Gasteiger partial charge is 0.159 e. The molecule has 0 aliphatic rings. The molecule has 15 aromatic rings. The van der Waals surface area contributed by atoms with Crippen molar-refractivity contribution in [3.63, 3.8) is 0 Å². The summed E-state index contributed by atoms with van der Waals surface area (Å²) in [5.41, 5.74) is 12.4. The molecule has 4 aromatic heterocycles. The molecule has 0 fully saturated rings. The van der Waals surface area contributed by atoms with Crippen molar-refractivity contribution in [1.82, 2.24) is 0 Å². The molecule has 0 unspecified atom stereocenters. The lowest BCUT2D eigenvalue weighted by atomic mass is 10.0. The predicted molar refractivity (Wildman–Crippen MR) is 301 cm³/mol. The largest absolute Gasteiger partial charge is 0.454 e. The normalized spacial score (nSPS) is 12.1. The molecule has 0 saturated carbocycles. The summed E-state index contributed by atoms with van der Waals surface area (Å²) < 4.78 is 18.5. The third-order valence-electron chi connectivity index (χ3n) is 14.4. The van der Waals surface area contributed by atoms with E-state index in [2.05, 4.69) is 218 Å². The lowest BCUT2D eigenvalue weighted by Crippen LogP contribution is -2.11. The fourth-order valence-corrected chi connectivity index (χ4v) is 13.7. The topological polar surface area (TPSA) is 32.8 Å². The van der Waals surface area contributed by atoms with E-state index in [1.54, 1.807) is 0 Å². The SMILES string of the molecule is Cc1ccccc1N(c1ccc2cc3c(cc2c1)sc1c3ccc2c3cc4ccc(N(c5ccccc5C)c5cccc6c5oc5ccccc56)cc4cc3sc21)c1cccc2c1oc1ccccc12. The molecule has 0 radical (unpaired) electrons. The zero-order valence-corrected chi connectivity index (χ0v) is 39.8. The van der Waals surface area contributed by atoms with Crippen LogP contribution in [0.3, 0.4) is 0 Å². The van der Waals surface area contributed by atoms with E-state index < -0.39 is 0 Å². The first-order valence-electron chi connectivity index (χ1n) is 23.7. The molecule has 6 heteroatoms. The molecule has 0 bridgehead atoms. The number of rotatable bonds is 6. The van der Waals surface area contributed by atoms with Gasteiger partial charge in [0, 0.05) is 75.2 Å². The molecule has 0 saturated heterocycles. The van der Waals surface area contributed by atoms with E-state index in [0.717, 1.165) is 78.0 Å². The second-order valence-corrected chi connectivity index (χ2v) is 20.6. The van der Waals surface area contributed by atoms with Gasteiger partial charge in [-0.1, -0.05) is 121 Å². The molecule has 0 N–H and O–H groups in total. The first-order chi connectivity index (χ1) is 34.5. The Morgan fingerprint density at radius 1 is 0.314 bits per heavy atom. The third kappa shape index (κ3) is 5.87. The van der Waals surface area contributed by atoms with Gasteiger partial charge in [0.2, 0.25) is 0 Å². The number of hydrogen-bond acceptors (Lipinski definition) is 6. The van der Waals surface area contributed by atoms with Gasteiger partial charge in [-0.15, -0.1) is 22.7 Å². The predicted octanol–water partition coefficient (Wildman–Crippen LogP) is 20.1. The van der Waals surface area contributed by atoms with E-state index in [0.29, 0.717) is 0 Å². The third-order valence-corrected chi connectivity index (χ3v) is 16.9. The average molecular weight is 933 g/mol. The summed E-state index contributed by atoms with van der Waals surface area (Å²) >= 11 is 3.82. The van der Waals surface area contributed by atoms with Gasteiger partial charge >= 0.3 is 0 Å². The van der Waals surface area contributed by atoms with Crippen molar-refractivity contribution in [3.05, 3.63) is 217 Å². The molecule has 0 atom stereocenters. The van der Waals surface area contributed by atoms with Crippen molar-refractivity contribution in [3.8, 4) is 0 Å². The Bertz CT molecular complexity index is 4370. The van der Waals surface area contributed by atoms with Crippen LogP contribution in [-0.4, -0.2) is 0 Å². The number of aryl methyl sites for hydroxylation is 2. The van der Waals surface area contributed by atoms with Crippen LogP contribution in [-0.2, 0) is 0 Å². The summed E-state index contributed by atoms with van der Waals surface area (Å²) in [5, 5.41) is 14.5. The van der Waals surface area contributed by atoms with Crippen molar-refractivity contribution in [1.29, 1.82) is 0 Å². The molecule has 0 spiro atoms. The summed E-state index contributed by atoms with van der Waals surface area (Å²) in [6.07, 6.45) is 0. The number of hydrogen-bond donors (Lipinski definition) is 0. The lowest BCUT2D eigenvalue weighted by Gasteiger charge is -2.27. The van der Waals surface area contributed by atoms with E-state index in [9.17, 15) is 0 Å². The minimum absolute atomic E-state index is 0.883. The maximum absolute atomic E-state index is 6.63. The van der Waals surface area contributed by atoms with Crippen LogP contribution < -0.4 is 9.80 Å². The number of fused-ring (bicyclic) bond motifs is 15. The fourth-order valence-electron chi connectivity index (χ4n) is 11.1. The number of anilines is 6. The molecule has 15 rings (SSSR count). The van der Waals surface area contributed by atoms with Gasteiger partial charge in [-0.3, -0.25) is 0 Å². The summed E-state index contributed by atoms with van der Waals surface area (Å²) in [6, 6.07) is 74.9. The monoisotopic (exact) mass is 932 g/mol. The van der Waals surface area contributed by atoms with E-state index in [4.69, 9.17) is 8.83 Å². The van der Waals surface area contributed by atoms with Gasteiger partial charge in [-0.25, -0.2) is 0 Å². The van der Waals surface area contributed by atoms with Crippen LogP contribution in [0.25, 0.3) is 106 Å². The van der Waals surface area contributed by atoms with Crippen molar-refractivity contribution in [2.24, 2.45) is 0 Å². The maximum atomic E-state index is 6.63. The molecule has 4 nitrogen and oxygen atoms in total. The number of para-hydroxylation sites is 6. The molecular weight excluding hydrogens is 893 g/mol. The van der Waals surface area contributed by atoms with Gasteiger partial charge in [0.1, 0.15) is 11.2 Å². The molecule has 0 amide bonds. The summed E-state index contributed by atoms with van der Waals surface area (Å²) in [6.45, 7) is 4.37. The minimum Gasteiger partial charge on any atom is -0.454 e. The standard InChI is InChI=1S/C64H40N2O2S2/c1-37-13-3-7-19-53(37)65(55-21-11-17-47-45-15-5-9-23-57(45)67-61(47)55)43-27-25-39-33-51-49-29-30-50-52-34-40-26-28-44(32-42(40)36-60(52)70-64(50)63(49)69-59(51)35-41(39)31-43)66(54-20-8-4-14-38(54)2)56-22-12-18-48-46-16-6-10-24-58(46)68-62(48)56/h3-36H,1-2H3. The van der Waals surface area contributed by atoms with Crippen LogP contribution in [0.1, 0.15) is 11.1 Å². The van der Waals surface area contributed by atoms with Gasteiger partial charge in [0.05, 0.1) is 20.8 Å². The highest BCUT2D eigenvalue weighted by molar-refractivity contribution is 7.33. The molecule has 330 valence electrons. The van der Waals surface area contributed by atoms with Gasteiger partial charge in [-0.05, 0) is 131 Å². The number of furan rings is 2. The minimum atomic E-state index is 0.883. The number of benzene rings is 11. The van der Waals surface area contributed by atoms with E-state index in [1.165, 1.54) is 73.0 Å². The van der Waals surface area contributed by atoms with Crippen LogP contribution in [0.5, 0.6) is 0 Å². The second kappa shape index (κ2) is 15.0. The van der Waals surface area contributed by atoms with Crippen molar-refractivity contribution >= 4 is 163 Å². The first-order valence-corrected chi connectivity index (χ1v) is 25.4. The Labute approximate surface area is 410 Å². The van der Waals surface area contributed by atoms with Gasteiger partial charge < -0.3 is 18.6 Å². The van der Waals surface area contributed by atoms with Crippen molar-refractivity contribution in [2.75, 3.05) is 9.80 Å². The van der Waals surface area contributed by atoms with Gasteiger partial charge in [-0.2, -0.15) is 0 Å². The number of thiophene rings is 2. The molecule has 70 heavy (non-hydrogen) atoms. The Morgan fingerprint density at radius 3 is 1.20 bits per heavy atom. The quantitative estimate of drug-likeness (QED) is 0.166. The Hall–Kier alpha value is -8.42. The zero-order chi connectivity index (χ0) is 46.2. The van der Waals surface area contributed by atoms with Crippen molar-refractivity contribution < 1.29 is 8.83 Å². The second-order valence-electron chi connectivity index (χ2n) is 18.5. The van der Waals surface area contributed by atoms with Crippen LogP contribution in [0.15, 0.2) is 215 Å². The Morgan fingerprint density at radius 2 is 0.729 bits per heavy atom. The number of nitrogens with zero attached hydrogens (tertiary/aromatic N) is 2. The molecule has 4 heterocycles. The zero-order valence-electron chi connectivity index (χ0n) is 38.2. The lowest BCUT2D eigenvalue weighted by molar-refractivity contribution is 0.668. The van der Waals surface area contributed by atoms with Crippen LogP contribution in [0.2, 0.25) is 0 Å². The van der Waals surface area contributed by atoms with E-state index >= 15 is 0 Å². The highest BCUT2D eigenvalue weighted by Crippen LogP contribution is 2.49. The Balaban J connectivity index is 0.863. The van der Waals surface area contributed by atoms with Crippen LogP contribution in [0.4, 0.5) is 34.1 Å². The summed E-state index contributed by atoms with van der Waals surface area (Å²) in [4.78, 5) is 4.73. The highest BCUT2D eigenvalue weighted by atomic mass is 32.1. The Kier molecular flexibility index (Phi) is 8.50. The highest BCUT2D eigenvalue weighted by Gasteiger charge is 2.24. The molecule has 0 aliphatic carbocycles. The van der Waals surface area contributed by atoms with E-state index in [1.807, 2.05) is 34.8 Å². The molecule has 11 aromatic carbocycles. The van der Waals surface area contributed by atoms with Crippen LogP contribution in [0, 0.1) is 13.8 Å². The van der Waals surface area contributed by atoms with Gasteiger partial charge in [0.25, 0.3) is 0 Å². The maximum Gasteiger partial charge on any atom is 0.159 e.